The molecule has 1 aromatic carbocycles. The van der Waals surface area contributed by atoms with Gasteiger partial charge in [0.2, 0.25) is 5.91 Å². The molecule has 0 aliphatic carbocycles. The molecule has 0 unspecified atom stereocenters. The molecule has 2 aliphatic rings. The number of carbonyl (C=O) groups is 1. The van der Waals surface area contributed by atoms with Crippen LogP contribution in [0.15, 0.2) is 54.9 Å². The predicted molar refractivity (Wildman–Crippen MR) is 124 cm³/mol. The van der Waals surface area contributed by atoms with E-state index in [0.29, 0.717) is 12.2 Å². The van der Waals surface area contributed by atoms with Gasteiger partial charge in [-0.3, -0.25) is 9.78 Å². The van der Waals surface area contributed by atoms with E-state index in [9.17, 15) is 4.79 Å². The molecule has 0 spiro atoms. The van der Waals surface area contributed by atoms with Gasteiger partial charge in [-0.25, -0.2) is 4.98 Å². The first kappa shape index (κ1) is 20.5. The lowest BCUT2D eigenvalue weighted by atomic mass is 9.93. The molecular formula is C26H28N4O2. The van der Waals surface area contributed by atoms with Crippen molar-refractivity contribution < 1.29 is 9.53 Å². The van der Waals surface area contributed by atoms with Crippen LogP contribution in [0.25, 0.3) is 11.1 Å². The third-order valence-electron chi connectivity index (χ3n) is 6.43. The number of aryl methyl sites for hydroxylation is 1. The minimum Gasteiger partial charge on any atom is -0.493 e. The average Bonchev–Trinajstić information content (AvgIpc) is 2.85. The monoisotopic (exact) mass is 428 g/mol. The summed E-state index contributed by atoms with van der Waals surface area (Å²) >= 11 is 0. The average molecular weight is 429 g/mol. The second-order valence-corrected chi connectivity index (χ2v) is 8.69. The Morgan fingerprint density at radius 2 is 1.91 bits per heavy atom. The normalized spacial score (nSPS) is 18.0. The number of nitrogens with zero attached hydrogens (tertiary/aromatic N) is 3. The first-order valence-electron chi connectivity index (χ1n) is 11.4. The Labute approximate surface area is 188 Å². The summed E-state index contributed by atoms with van der Waals surface area (Å²) in [4.78, 5) is 23.9. The maximum absolute atomic E-state index is 13.0. The Morgan fingerprint density at radius 1 is 1.06 bits per heavy atom. The molecular weight excluding hydrogens is 400 g/mol. The van der Waals surface area contributed by atoms with E-state index in [1.165, 1.54) is 5.56 Å². The molecule has 32 heavy (non-hydrogen) atoms. The van der Waals surface area contributed by atoms with E-state index in [4.69, 9.17) is 15.5 Å². The van der Waals surface area contributed by atoms with Gasteiger partial charge in [0.15, 0.2) is 0 Å². The number of ether oxygens (including phenoxy) is 1. The molecule has 2 aliphatic heterocycles. The largest absolute Gasteiger partial charge is 0.493 e. The van der Waals surface area contributed by atoms with Gasteiger partial charge in [0.05, 0.1) is 13.0 Å². The van der Waals surface area contributed by atoms with Crippen molar-refractivity contribution in [3.05, 3.63) is 71.7 Å². The maximum Gasteiger partial charge on any atom is 0.227 e. The second kappa shape index (κ2) is 8.99. The smallest absolute Gasteiger partial charge is 0.227 e. The number of benzene rings is 1. The number of rotatable bonds is 4. The summed E-state index contributed by atoms with van der Waals surface area (Å²) in [6.07, 6.45) is 8.21. The number of piperidine rings is 1. The van der Waals surface area contributed by atoms with E-state index in [2.05, 4.69) is 23.2 Å². The molecule has 4 heterocycles. The molecule has 5 rings (SSSR count). The van der Waals surface area contributed by atoms with Crippen molar-refractivity contribution in [1.29, 1.82) is 0 Å². The van der Waals surface area contributed by atoms with Crippen LogP contribution in [0.1, 0.15) is 42.0 Å². The SMILES string of the molecule is Nc1ccc(-c2ccc([C@H]3CCCN(C(=O)Cc4ccc5c(c4)CCCO5)C3)nc2)cn1. The fraction of sp³-hybridized carbons (Fsp3) is 0.346. The van der Waals surface area contributed by atoms with Crippen LogP contribution < -0.4 is 10.5 Å². The van der Waals surface area contributed by atoms with Crippen molar-refractivity contribution in [3.63, 3.8) is 0 Å². The quantitative estimate of drug-likeness (QED) is 0.679. The Morgan fingerprint density at radius 3 is 2.69 bits per heavy atom. The van der Waals surface area contributed by atoms with E-state index in [1.807, 2.05) is 29.3 Å². The third kappa shape index (κ3) is 4.44. The van der Waals surface area contributed by atoms with Crippen LogP contribution in [0.5, 0.6) is 5.75 Å². The fourth-order valence-electron chi connectivity index (χ4n) is 4.65. The van der Waals surface area contributed by atoms with Gasteiger partial charge in [0.1, 0.15) is 11.6 Å². The Bertz CT molecular complexity index is 1100. The van der Waals surface area contributed by atoms with E-state index in [1.54, 1.807) is 12.3 Å². The van der Waals surface area contributed by atoms with Gasteiger partial charge < -0.3 is 15.4 Å². The van der Waals surface area contributed by atoms with Crippen molar-refractivity contribution >= 4 is 11.7 Å². The van der Waals surface area contributed by atoms with Crippen molar-refractivity contribution in [2.45, 2.75) is 38.0 Å². The number of anilines is 1. The number of amides is 1. The Hall–Kier alpha value is -3.41. The molecule has 1 fully saturated rings. The summed E-state index contributed by atoms with van der Waals surface area (Å²) in [7, 11) is 0. The number of fused-ring (bicyclic) bond motifs is 1. The van der Waals surface area contributed by atoms with Crippen molar-refractivity contribution in [1.82, 2.24) is 14.9 Å². The standard InChI is InChI=1S/C26H28N4O2/c27-25-10-7-21(16-29-25)20-6-8-23(28-15-20)22-3-1-11-30(17-22)26(31)14-18-5-9-24-19(13-18)4-2-12-32-24/h5-10,13,15-16,22H,1-4,11-12,14,17H2,(H2,27,29)/t22-/m0/s1. The number of nitrogens with two attached hydrogens (primary N) is 1. The summed E-state index contributed by atoms with van der Waals surface area (Å²) < 4.78 is 5.69. The summed E-state index contributed by atoms with van der Waals surface area (Å²) in [5.74, 6) is 1.93. The highest BCUT2D eigenvalue weighted by atomic mass is 16.5. The van der Waals surface area contributed by atoms with Gasteiger partial charge in [0.25, 0.3) is 0 Å². The van der Waals surface area contributed by atoms with Crippen molar-refractivity contribution in [2.75, 3.05) is 25.4 Å². The van der Waals surface area contributed by atoms with E-state index >= 15 is 0 Å². The molecule has 1 atom stereocenters. The van der Waals surface area contributed by atoms with E-state index in [0.717, 1.165) is 73.5 Å². The Kier molecular flexibility index (Phi) is 5.75. The molecule has 1 saturated heterocycles. The minimum absolute atomic E-state index is 0.191. The lowest BCUT2D eigenvalue weighted by Crippen LogP contribution is -2.40. The summed E-state index contributed by atoms with van der Waals surface area (Å²) in [5, 5.41) is 0. The Balaban J connectivity index is 1.24. The molecule has 0 radical (unpaired) electrons. The lowest BCUT2D eigenvalue weighted by Gasteiger charge is -2.32. The molecule has 6 heteroatoms. The zero-order valence-electron chi connectivity index (χ0n) is 18.2. The molecule has 0 bridgehead atoms. The van der Waals surface area contributed by atoms with Crippen LogP contribution in [-0.4, -0.2) is 40.5 Å². The van der Waals surface area contributed by atoms with Crippen molar-refractivity contribution in [3.8, 4) is 16.9 Å². The third-order valence-corrected chi connectivity index (χ3v) is 6.43. The first-order valence-corrected chi connectivity index (χ1v) is 11.4. The highest BCUT2D eigenvalue weighted by Crippen LogP contribution is 2.29. The van der Waals surface area contributed by atoms with Crippen LogP contribution in [0.2, 0.25) is 0 Å². The molecule has 3 aromatic rings. The number of hydrogen-bond donors (Lipinski definition) is 1. The van der Waals surface area contributed by atoms with Crippen LogP contribution in [-0.2, 0) is 17.6 Å². The summed E-state index contributed by atoms with van der Waals surface area (Å²) in [6.45, 7) is 2.33. The molecule has 6 nitrogen and oxygen atoms in total. The van der Waals surface area contributed by atoms with Gasteiger partial charge in [-0.15, -0.1) is 0 Å². The number of aromatic nitrogens is 2. The number of nitrogen functional groups attached to an aromatic ring is 1. The van der Waals surface area contributed by atoms with Gasteiger partial charge in [-0.05, 0) is 61.1 Å². The fourth-order valence-corrected chi connectivity index (χ4v) is 4.65. The highest BCUT2D eigenvalue weighted by Gasteiger charge is 2.26. The number of likely N-dealkylation sites (tertiary alicyclic amines) is 1. The molecule has 0 saturated carbocycles. The van der Waals surface area contributed by atoms with E-state index < -0.39 is 0 Å². The van der Waals surface area contributed by atoms with Crippen LogP contribution in [0, 0.1) is 0 Å². The summed E-state index contributed by atoms with van der Waals surface area (Å²) in [6, 6.07) is 14.1. The van der Waals surface area contributed by atoms with Crippen LogP contribution in [0.3, 0.4) is 0 Å². The summed E-state index contributed by atoms with van der Waals surface area (Å²) in [5.41, 5.74) is 11.0. The maximum atomic E-state index is 13.0. The van der Waals surface area contributed by atoms with Crippen LogP contribution >= 0.6 is 0 Å². The molecule has 164 valence electrons. The molecule has 2 N–H and O–H groups in total. The number of pyridine rings is 2. The zero-order chi connectivity index (χ0) is 21.9. The van der Waals surface area contributed by atoms with Gasteiger partial charge in [0, 0.05) is 48.2 Å². The molecule has 1 amide bonds. The number of carbonyl (C=O) groups excluding carboxylic acids is 1. The molecule has 2 aromatic heterocycles. The lowest BCUT2D eigenvalue weighted by molar-refractivity contribution is -0.131. The van der Waals surface area contributed by atoms with Crippen molar-refractivity contribution in [2.24, 2.45) is 0 Å². The minimum atomic E-state index is 0.191. The van der Waals surface area contributed by atoms with Crippen LogP contribution in [0.4, 0.5) is 5.82 Å². The first-order chi connectivity index (χ1) is 15.7. The predicted octanol–water partition coefficient (Wildman–Crippen LogP) is 4.00. The van der Waals surface area contributed by atoms with Gasteiger partial charge in [-0.1, -0.05) is 18.2 Å². The number of hydrogen-bond acceptors (Lipinski definition) is 5. The van der Waals surface area contributed by atoms with Gasteiger partial charge >= 0.3 is 0 Å². The second-order valence-electron chi connectivity index (χ2n) is 8.69. The highest BCUT2D eigenvalue weighted by molar-refractivity contribution is 5.79. The van der Waals surface area contributed by atoms with Gasteiger partial charge in [-0.2, -0.15) is 0 Å². The topological polar surface area (TPSA) is 81.3 Å². The van der Waals surface area contributed by atoms with E-state index in [-0.39, 0.29) is 11.8 Å². The zero-order valence-corrected chi connectivity index (χ0v) is 18.2.